The molecule has 5 aromatic rings. The van der Waals surface area contributed by atoms with E-state index in [0.717, 1.165) is 63.5 Å². The van der Waals surface area contributed by atoms with E-state index >= 15 is 0 Å². The van der Waals surface area contributed by atoms with Crippen molar-refractivity contribution in [2.24, 2.45) is 0 Å². The van der Waals surface area contributed by atoms with Gasteiger partial charge >= 0.3 is 17.6 Å². The van der Waals surface area contributed by atoms with Crippen LogP contribution in [-0.4, -0.2) is 56.8 Å². The van der Waals surface area contributed by atoms with E-state index in [0.29, 0.717) is 17.1 Å². The second-order valence-corrected chi connectivity index (χ2v) is 16.7. The van der Waals surface area contributed by atoms with Crippen molar-refractivity contribution in [1.82, 2.24) is 0 Å². The molecule has 11 nitrogen and oxygen atoms in total. The fraction of sp³-hybridized carbons (Fsp3) is 0.396. The Bertz CT molecular complexity index is 2300. The lowest BCUT2D eigenvalue weighted by Gasteiger charge is -2.18. The van der Waals surface area contributed by atoms with Crippen LogP contribution in [0.15, 0.2) is 84.9 Å². The topological polar surface area (TPSA) is 132 Å². The van der Waals surface area contributed by atoms with Crippen molar-refractivity contribution in [3.05, 3.63) is 134 Å². The lowest BCUT2D eigenvalue weighted by Crippen LogP contribution is -2.13. The number of nitro groups is 1. The first-order valence-corrected chi connectivity index (χ1v) is 22.1. The number of phenols is 1. The monoisotopic (exact) mass is 876 g/mol. The van der Waals surface area contributed by atoms with E-state index in [-0.39, 0.29) is 23.4 Å². The van der Waals surface area contributed by atoms with E-state index in [9.17, 15) is 24.8 Å². The molecule has 5 rings (SSSR count). The number of hydrogen-bond donors (Lipinski definition) is 1. The molecule has 1 N–H and O–H groups in total. The van der Waals surface area contributed by atoms with Crippen LogP contribution < -0.4 is 24.0 Å². The van der Waals surface area contributed by atoms with E-state index in [1.165, 1.54) is 75.1 Å². The van der Waals surface area contributed by atoms with E-state index in [1.54, 1.807) is 11.8 Å². The van der Waals surface area contributed by atoms with Gasteiger partial charge in [-0.05, 0) is 135 Å². The quantitative estimate of drug-likeness (QED) is 0.0316. The molecule has 0 fully saturated rings. The molecule has 5 aromatic carbocycles. The summed E-state index contributed by atoms with van der Waals surface area (Å²) in [5.74, 6) is 1.21. The van der Waals surface area contributed by atoms with Crippen molar-refractivity contribution < 1.29 is 33.8 Å². The first kappa shape index (κ1) is 52.0. The number of benzene rings is 5. The van der Waals surface area contributed by atoms with Gasteiger partial charge in [0.15, 0.2) is 11.5 Å². The summed E-state index contributed by atoms with van der Waals surface area (Å²) in [6, 6.07) is 26.4. The smallest absolute Gasteiger partial charge is 0.343 e. The Morgan fingerprint density at radius 3 is 1.62 bits per heavy atom. The minimum absolute atomic E-state index is 0.256. The number of carbonyl (C=O) groups is 2. The number of unbranched alkanes of at least 4 members (excludes halogenated alkanes) is 7. The van der Waals surface area contributed by atoms with Crippen LogP contribution in [0.5, 0.6) is 23.0 Å². The van der Waals surface area contributed by atoms with E-state index < -0.39 is 4.92 Å². The van der Waals surface area contributed by atoms with Crippen LogP contribution in [0.4, 0.5) is 17.1 Å². The van der Waals surface area contributed by atoms with Gasteiger partial charge in [0.1, 0.15) is 11.5 Å². The van der Waals surface area contributed by atoms with Crippen molar-refractivity contribution in [1.29, 1.82) is 0 Å². The largest absolute Gasteiger partial charge is 0.502 e. The van der Waals surface area contributed by atoms with Gasteiger partial charge in [-0.25, -0.2) is 4.79 Å². The van der Waals surface area contributed by atoms with Gasteiger partial charge in [-0.15, -0.1) is 0 Å². The molecule has 0 atom stereocenters. The predicted octanol–water partition coefficient (Wildman–Crippen LogP) is 13.0. The van der Waals surface area contributed by atoms with Crippen molar-refractivity contribution in [2.75, 3.05) is 44.6 Å². The average Bonchev–Trinajstić information content (AvgIpc) is 3.24. The maximum atomic E-state index is 12.6. The number of phenolic OH excluding ortho intramolecular Hbond substituents is 1. The second kappa shape index (κ2) is 25.7. The molecule has 0 radical (unpaired) electrons. The SMILES string of the molecule is CC(=O)Oc1cc(C)c(C)cc1N(C)C.CCCCCCCCCCOc1ccc(-c2ccc(C(=O)Oc3cc(C)c(C)cc3C)cc2)cc1.Cc1cc([N+](=O)[O-])c(O)cc1N(C)C. The second-order valence-electron chi connectivity index (χ2n) is 16.7. The van der Waals surface area contributed by atoms with E-state index in [1.807, 2.05) is 121 Å². The summed E-state index contributed by atoms with van der Waals surface area (Å²) >= 11 is 0. The van der Waals surface area contributed by atoms with Gasteiger partial charge in [-0.2, -0.15) is 0 Å². The average molecular weight is 876 g/mol. The predicted molar refractivity (Wildman–Crippen MR) is 261 cm³/mol. The first-order chi connectivity index (χ1) is 30.3. The molecule has 0 aliphatic heterocycles. The maximum Gasteiger partial charge on any atom is 0.343 e. The Kier molecular flexibility index (Phi) is 20.9. The summed E-state index contributed by atoms with van der Waals surface area (Å²) in [7, 11) is 7.48. The molecule has 64 heavy (non-hydrogen) atoms. The van der Waals surface area contributed by atoms with Gasteiger partial charge in [0.25, 0.3) is 0 Å². The number of aromatic hydroxyl groups is 1. The van der Waals surface area contributed by atoms with E-state index in [2.05, 4.69) is 26.0 Å². The normalized spacial score (nSPS) is 10.4. The molecule has 0 aromatic heterocycles. The molecule has 344 valence electrons. The zero-order chi connectivity index (χ0) is 47.5. The van der Waals surface area contributed by atoms with Gasteiger partial charge in [-0.3, -0.25) is 14.9 Å². The highest BCUT2D eigenvalue weighted by Gasteiger charge is 2.17. The van der Waals surface area contributed by atoms with Gasteiger partial charge in [0.05, 0.1) is 22.8 Å². The Labute approximate surface area is 381 Å². The van der Waals surface area contributed by atoms with Crippen molar-refractivity contribution in [3.8, 4) is 34.1 Å². The standard InChI is InChI=1S/C32H40O3.C12H17NO2.C9H12N2O3/c1-5-6-7-8-9-10-11-12-21-34-30-19-17-28(18-20-30)27-13-15-29(16-14-27)32(33)35-31-23-25(3)24(2)22-26(31)4;1-8-6-11(13(4)5)12(7-9(8)2)15-10(3)14;1-6-4-8(11(13)14)9(12)5-7(6)10(2)3/h13-20,22-23H,5-12,21H2,1-4H3;6-7H,1-5H3;4-5,12H,1-3H3. The minimum atomic E-state index is -0.595. The summed E-state index contributed by atoms with van der Waals surface area (Å²) in [5, 5.41) is 19.9. The van der Waals surface area contributed by atoms with Crippen LogP contribution in [-0.2, 0) is 4.79 Å². The number of nitrogens with zero attached hydrogens (tertiary/aromatic N) is 3. The van der Waals surface area contributed by atoms with Gasteiger partial charge in [-0.1, -0.05) is 82.2 Å². The first-order valence-electron chi connectivity index (χ1n) is 22.1. The van der Waals surface area contributed by atoms with Gasteiger partial charge < -0.3 is 29.1 Å². The lowest BCUT2D eigenvalue weighted by atomic mass is 10.0. The number of ether oxygens (including phenoxy) is 3. The summed E-state index contributed by atoms with van der Waals surface area (Å²) in [6.07, 6.45) is 10.4. The Morgan fingerprint density at radius 1 is 0.594 bits per heavy atom. The lowest BCUT2D eigenvalue weighted by molar-refractivity contribution is -0.385. The number of hydrogen-bond acceptors (Lipinski definition) is 10. The Balaban J connectivity index is 0.000000307. The molecule has 0 aliphatic carbocycles. The third kappa shape index (κ3) is 16.4. The molecule has 0 saturated carbocycles. The van der Waals surface area contributed by atoms with Crippen LogP contribution in [0.1, 0.15) is 109 Å². The highest BCUT2D eigenvalue weighted by molar-refractivity contribution is 5.92. The third-order valence-corrected chi connectivity index (χ3v) is 10.9. The summed E-state index contributed by atoms with van der Waals surface area (Å²) in [4.78, 5) is 37.2. The fourth-order valence-electron chi connectivity index (χ4n) is 6.83. The van der Waals surface area contributed by atoms with Crippen LogP contribution in [0.2, 0.25) is 0 Å². The molecule has 0 saturated heterocycles. The fourth-order valence-corrected chi connectivity index (χ4v) is 6.83. The van der Waals surface area contributed by atoms with Crippen molar-refractivity contribution >= 4 is 29.0 Å². The van der Waals surface area contributed by atoms with Gasteiger partial charge in [0, 0.05) is 52.9 Å². The molecule has 0 spiro atoms. The molecule has 0 heterocycles. The molecular formula is C53H69N3O8. The van der Waals surface area contributed by atoms with Crippen LogP contribution >= 0.6 is 0 Å². The zero-order valence-electron chi connectivity index (χ0n) is 40.1. The maximum absolute atomic E-state index is 12.6. The van der Waals surface area contributed by atoms with Crippen molar-refractivity contribution in [3.63, 3.8) is 0 Å². The number of anilines is 2. The number of carbonyl (C=O) groups excluding carboxylic acids is 2. The van der Waals surface area contributed by atoms with Crippen LogP contribution in [0.3, 0.4) is 0 Å². The zero-order valence-corrected chi connectivity index (χ0v) is 40.1. The molecule has 0 aliphatic rings. The molecule has 0 unspecified atom stereocenters. The molecule has 11 heteroatoms. The number of esters is 2. The Morgan fingerprint density at radius 2 is 1.09 bits per heavy atom. The molecule has 0 bridgehead atoms. The number of nitro benzene ring substituents is 1. The number of rotatable bonds is 17. The summed E-state index contributed by atoms with van der Waals surface area (Å²) < 4.78 is 16.7. The molecule has 0 amide bonds. The molecular weight excluding hydrogens is 807 g/mol. The summed E-state index contributed by atoms with van der Waals surface area (Å²) in [5.41, 5.74) is 10.5. The highest BCUT2D eigenvalue weighted by atomic mass is 16.6. The highest BCUT2D eigenvalue weighted by Crippen LogP contribution is 2.33. The third-order valence-electron chi connectivity index (χ3n) is 10.9. The van der Waals surface area contributed by atoms with Crippen LogP contribution in [0, 0.1) is 51.7 Å². The minimum Gasteiger partial charge on any atom is -0.502 e. The van der Waals surface area contributed by atoms with Gasteiger partial charge in [0.2, 0.25) is 0 Å². The van der Waals surface area contributed by atoms with Crippen molar-refractivity contribution in [2.45, 2.75) is 107 Å². The number of aryl methyl sites for hydroxylation is 6. The summed E-state index contributed by atoms with van der Waals surface area (Å²) in [6.45, 7) is 16.3. The van der Waals surface area contributed by atoms with E-state index in [4.69, 9.17) is 14.2 Å². The Hall–Kier alpha value is -6.36. The van der Waals surface area contributed by atoms with Crippen LogP contribution in [0.25, 0.3) is 11.1 Å².